The fourth-order valence-electron chi connectivity index (χ4n) is 4.45. The number of halogens is 2. The summed E-state index contributed by atoms with van der Waals surface area (Å²) in [6.45, 7) is 4.54. The maximum absolute atomic E-state index is 14.3. The molecule has 0 saturated carbocycles. The molecule has 3 aromatic rings. The van der Waals surface area contributed by atoms with Crippen LogP contribution < -0.4 is 4.90 Å². The van der Waals surface area contributed by atoms with Gasteiger partial charge in [0.1, 0.15) is 6.04 Å². The second kappa shape index (κ2) is 11.0. The van der Waals surface area contributed by atoms with Crippen LogP contribution in [0.4, 0.5) is 5.69 Å². The van der Waals surface area contributed by atoms with Crippen molar-refractivity contribution in [1.82, 2.24) is 4.90 Å². The zero-order chi connectivity index (χ0) is 26.0. The Morgan fingerprint density at radius 2 is 1.69 bits per heavy atom. The summed E-state index contributed by atoms with van der Waals surface area (Å²) >= 11 is 8.24. The molecule has 2 unspecified atom stereocenters. The van der Waals surface area contributed by atoms with E-state index < -0.39 is 24.0 Å². The van der Waals surface area contributed by atoms with Gasteiger partial charge < -0.3 is 14.9 Å². The number of anilines is 1. The molecule has 0 fully saturated rings. The molecule has 36 heavy (non-hydrogen) atoms. The lowest BCUT2D eigenvalue weighted by Crippen LogP contribution is -2.46. The molecule has 2 amide bonds. The summed E-state index contributed by atoms with van der Waals surface area (Å²) in [5.41, 5.74) is 1.70. The molecular formula is C28H26ClIN2O4. The average Bonchev–Trinajstić information content (AvgIpc) is 2.92. The topological polar surface area (TPSA) is 77.9 Å². The smallest absolute Gasteiger partial charge is 0.331 e. The Bertz CT molecular complexity index is 1280. The van der Waals surface area contributed by atoms with Crippen molar-refractivity contribution in [3.8, 4) is 0 Å². The summed E-state index contributed by atoms with van der Waals surface area (Å²) in [5.74, 6) is -1.76. The van der Waals surface area contributed by atoms with Crippen LogP contribution in [0, 0.1) is 9.49 Å². The molecule has 0 spiro atoms. The van der Waals surface area contributed by atoms with Gasteiger partial charge in [0, 0.05) is 15.1 Å². The predicted molar refractivity (Wildman–Crippen MR) is 148 cm³/mol. The van der Waals surface area contributed by atoms with Gasteiger partial charge in [-0.05, 0) is 76.4 Å². The van der Waals surface area contributed by atoms with Crippen molar-refractivity contribution in [1.29, 1.82) is 0 Å². The first-order valence-corrected chi connectivity index (χ1v) is 13.1. The maximum Gasteiger partial charge on any atom is 0.331 e. The van der Waals surface area contributed by atoms with E-state index in [0.29, 0.717) is 39.9 Å². The van der Waals surface area contributed by atoms with Gasteiger partial charge in [-0.1, -0.05) is 67.9 Å². The summed E-state index contributed by atoms with van der Waals surface area (Å²) in [6, 6.07) is 18.0. The van der Waals surface area contributed by atoms with Crippen LogP contribution >= 0.6 is 34.2 Å². The molecule has 3 aromatic carbocycles. The van der Waals surface area contributed by atoms with Gasteiger partial charge in [-0.2, -0.15) is 0 Å². The number of carbonyl (C=O) groups is 3. The van der Waals surface area contributed by atoms with Gasteiger partial charge in [0.05, 0.1) is 11.3 Å². The van der Waals surface area contributed by atoms with E-state index in [0.717, 1.165) is 9.99 Å². The molecule has 1 N–H and O–H groups in total. The number of amides is 2. The molecule has 1 heterocycles. The van der Waals surface area contributed by atoms with Crippen molar-refractivity contribution in [2.45, 2.75) is 32.4 Å². The zero-order valence-electron chi connectivity index (χ0n) is 19.9. The van der Waals surface area contributed by atoms with Gasteiger partial charge in [-0.3, -0.25) is 9.59 Å². The van der Waals surface area contributed by atoms with E-state index in [1.165, 1.54) is 4.90 Å². The maximum atomic E-state index is 14.3. The summed E-state index contributed by atoms with van der Waals surface area (Å²) in [6.07, 6.45) is 0.722. The molecule has 0 saturated heterocycles. The Labute approximate surface area is 229 Å². The number of benzene rings is 3. The van der Waals surface area contributed by atoms with Crippen molar-refractivity contribution in [3.63, 3.8) is 0 Å². The normalized spacial score (nSPS) is 16.6. The highest BCUT2D eigenvalue weighted by atomic mass is 127. The molecule has 186 valence electrons. The minimum Gasteiger partial charge on any atom is -0.479 e. The zero-order valence-corrected chi connectivity index (χ0v) is 22.8. The number of aliphatic carboxylic acids is 1. The number of rotatable bonds is 7. The van der Waals surface area contributed by atoms with Gasteiger partial charge >= 0.3 is 5.97 Å². The summed E-state index contributed by atoms with van der Waals surface area (Å²) in [4.78, 5) is 44.1. The Balaban J connectivity index is 1.99. The molecule has 8 heteroatoms. The molecule has 4 rings (SSSR count). The highest BCUT2D eigenvalue weighted by Gasteiger charge is 2.46. The number of fused-ring (bicyclic) bond motifs is 1. The predicted octanol–water partition coefficient (Wildman–Crippen LogP) is 6.35. The Morgan fingerprint density at radius 3 is 2.31 bits per heavy atom. The van der Waals surface area contributed by atoms with Crippen LogP contribution in [-0.4, -0.2) is 34.3 Å². The lowest BCUT2D eigenvalue weighted by Gasteiger charge is -2.35. The van der Waals surface area contributed by atoms with Gasteiger partial charge in [0.25, 0.3) is 11.8 Å². The SMILES string of the molecule is CC(C)CCN1C(=O)C(c2ccc(Cl)cc2)N(C(C(=O)O)c2ccccc2)C(=O)c2cc(I)ccc21. The third-order valence-corrected chi connectivity index (χ3v) is 7.16. The molecule has 6 nitrogen and oxygen atoms in total. The number of carbonyl (C=O) groups excluding carboxylic acids is 2. The second-order valence-electron chi connectivity index (χ2n) is 9.15. The molecule has 1 aliphatic heterocycles. The second-order valence-corrected chi connectivity index (χ2v) is 10.8. The van der Waals surface area contributed by atoms with E-state index in [9.17, 15) is 19.5 Å². The van der Waals surface area contributed by atoms with Crippen LogP contribution in [0.15, 0.2) is 72.8 Å². The quantitative estimate of drug-likeness (QED) is 0.314. The number of carboxylic acids is 1. The van der Waals surface area contributed by atoms with Crippen LogP contribution in [0.1, 0.15) is 53.8 Å². The van der Waals surface area contributed by atoms with Crippen molar-refractivity contribution in [2.75, 3.05) is 11.4 Å². The van der Waals surface area contributed by atoms with E-state index in [1.54, 1.807) is 71.6 Å². The van der Waals surface area contributed by atoms with Gasteiger partial charge in [-0.15, -0.1) is 0 Å². The van der Waals surface area contributed by atoms with E-state index >= 15 is 0 Å². The Kier molecular flexibility index (Phi) is 8.00. The number of hydrogen-bond acceptors (Lipinski definition) is 3. The molecular weight excluding hydrogens is 591 g/mol. The third-order valence-electron chi connectivity index (χ3n) is 6.24. The van der Waals surface area contributed by atoms with Crippen LogP contribution in [0.25, 0.3) is 0 Å². The fourth-order valence-corrected chi connectivity index (χ4v) is 5.06. The van der Waals surface area contributed by atoms with Crippen LogP contribution in [0.2, 0.25) is 5.02 Å². The van der Waals surface area contributed by atoms with Gasteiger partial charge in [0.15, 0.2) is 6.04 Å². The molecule has 1 aliphatic rings. The van der Waals surface area contributed by atoms with Crippen LogP contribution in [-0.2, 0) is 9.59 Å². The molecule has 0 bridgehead atoms. The van der Waals surface area contributed by atoms with E-state index in [1.807, 2.05) is 6.07 Å². The van der Waals surface area contributed by atoms with Crippen molar-refractivity contribution in [2.24, 2.45) is 5.92 Å². The lowest BCUT2D eigenvalue weighted by molar-refractivity contribution is -0.144. The Morgan fingerprint density at radius 1 is 1.03 bits per heavy atom. The highest BCUT2D eigenvalue weighted by molar-refractivity contribution is 14.1. The number of nitrogens with zero attached hydrogens (tertiary/aromatic N) is 2. The molecule has 0 aromatic heterocycles. The van der Waals surface area contributed by atoms with Gasteiger partial charge in [0.2, 0.25) is 0 Å². The number of hydrogen-bond donors (Lipinski definition) is 1. The molecule has 0 radical (unpaired) electrons. The fraction of sp³-hybridized carbons (Fsp3) is 0.250. The highest BCUT2D eigenvalue weighted by Crippen LogP contribution is 2.40. The van der Waals surface area contributed by atoms with E-state index in [2.05, 4.69) is 36.4 Å². The summed E-state index contributed by atoms with van der Waals surface area (Å²) in [7, 11) is 0. The first-order chi connectivity index (χ1) is 17.2. The minimum atomic E-state index is -1.38. The largest absolute Gasteiger partial charge is 0.479 e. The van der Waals surface area contributed by atoms with Crippen molar-refractivity contribution in [3.05, 3.63) is 98.1 Å². The van der Waals surface area contributed by atoms with Crippen LogP contribution in [0.3, 0.4) is 0 Å². The van der Waals surface area contributed by atoms with E-state index in [4.69, 9.17) is 11.6 Å². The summed E-state index contributed by atoms with van der Waals surface area (Å²) in [5, 5.41) is 10.9. The van der Waals surface area contributed by atoms with Crippen LogP contribution in [0.5, 0.6) is 0 Å². The monoisotopic (exact) mass is 616 g/mol. The van der Waals surface area contributed by atoms with Crippen molar-refractivity contribution < 1.29 is 19.5 Å². The first kappa shape index (κ1) is 26.2. The van der Waals surface area contributed by atoms with Crippen molar-refractivity contribution >= 4 is 57.7 Å². The lowest BCUT2D eigenvalue weighted by atomic mass is 9.97. The summed E-state index contributed by atoms with van der Waals surface area (Å²) < 4.78 is 0.812. The third kappa shape index (κ3) is 5.27. The Hall–Kier alpha value is -2.91. The minimum absolute atomic E-state index is 0.303. The van der Waals surface area contributed by atoms with E-state index in [-0.39, 0.29) is 5.91 Å². The molecule has 2 atom stereocenters. The number of carboxylic acid groups (broad SMARTS) is 1. The standard InChI is InChI=1S/C28H26ClIN2O4/c1-17(2)14-15-31-23-13-12-21(30)16-22(23)26(33)32(25(28(35)36)18-6-4-3-5-7-18)24(27(31)34)19-8-10-20(29)11-9-19/h3-13,16-17,24-25H,14-15H2,1-2H3,(H,35,36). The average molecular weight is 617 g/mol. The first-order valence-electron chi connectivity index (χ1n) is 11.7. The molecule has 0 aliphatic carbocycles. The van der Waals surface area contributed by atoms with Gasteiger partial charge in [-0.25, -0.2) is 4.79 Å².